The van der Waals surface area contributed by atoms with Crippen molar-refractivity contribution in [3.05, 3.63) is 24.3 Å². The van der Waals surface area contributed by atoms with Gasteiger partial charge < -0.3 is 5.73 Å². The largest absolute Gasteiger partial charge is 0.328 e. The second kappa shape index (κ2) is 28.7. The molecule has 0 aliphatic rings. The first-order chi connectivity index (χ1) is 16.7. The van der Waals surface area contributed by atoms with E-state index < -0.39 is 0 Å². The molecule has 34 heavy (non-hydrogen) atoms. The Labute approximate surface area is 216 Å². The lowest BCUT2D eigenvalue weighted by molar-refractivity contribution is 0.474. The maximum Gasteiger partial charge on any atom is 0.00388 e. The van der Waals surface area contributed by atoms with Crippen molar-refractivity contribution in [1.29, 1.82) is 0 Å². The van der Waals surface area contributed by atoms with Crippen LogP contribution in [0.15, 0.2) is 24.3 Å². The maximum absolute atomic E-state index is 6.34. The molecule has 1 unspecified atom stereocenters. The van der Waals surface area contributed by atoms with Gasteiger partial charge in [-0.1, -0.05) is 154 Å². The number of nitrogens with two attached hydrogens (primary N) is 1. The van der Waals surface area contributed by atoms with Gasteiger partial charge in [0.25, 0.3) is 0 Å². The summed E-state index contributed by atoms with van der Waals surface area (Å²) in [6, 6.07) is 0.455. The van der Waals surface area contributed by atoms with E-state index in [-0.39, 0.29) is 0 Å². The quantitative estimate of drug-likeness (QED) is 0.0927. The highest BCUT2D eigenvalue weighted by Gasteiger charge is 2.02. The van der Waals surface area contributed by atoms with Gasteiger partial charge in [0.15, 0.2) is 0 Å². The molecule has 1 atom stereocenters. The van der Waals surface area contributed by atoms with Crippen LogP contribution in [-0.2, 0) is 0 Å². The van der Waals surface area contributed by atoms with Gasteiger partial charge in [-0.3, -0.25) is 0 Å². The van der Waals surface area contributed by atoms with Crippen LogP contribution in [0.3, 0.4) is 0 Å². The van der Waals surface area contributed by atoms with Gasteiger partial charge in [0, 0.05) is 6.04 Å². The van der Waals surface area contributed by atoms with E-state index in [0.29, 0.717) is 6.04 Å². The fourth-order valence-electron chi connectivity index (χ4n) is 4.74. The molecule has 0 aliphatic heterocycles. The average molecular weight is 476 g/mol. The minimum Gasteiger partial charge on any atom is -0.328 e. The minimum atomic E-state index is 0.455. The molecule has 0 amide bonds. The van der Waals surface area contributed by atoms with Gasteiger partial charge in [0.2, 0.25) is 0 Å². The molecule has 202 valence electrons. The molecule has 0 fully saturated rings. The Morgan fingerprint density at radius 2 is 0.853 bits per heavy atom. The summed E-state index contributed by atoms with van der Waals surface area (Å²) in [5, 5.41) is 0. The second-order valence-electron chi connectivity index (χ2n) is 11.3. The summed E-state index contributed by atoms with van der Waals surface area (Å²) >= 11 is 0. The van der Waals surface area contributed by atoms with E-state index in [4.69, 9.17) is 5.73 Å². The van der Waals surface area contributed by atoms with Crippen molar-refractivity contribution in [2.75, 3.05) is 0 Å². The lowest BCUT2D eigenvalue weighted by Gasteiger charge is -2.11. The summed E-state index contributed by atoms with van der Waals surface area (Å²) in [4.78, 5) is 0. The van der Waals surface area contributed by atoms with Crippen molar-refractivity contribution in [2.45, 2.75) is 181 Å². The Balaban J connectivity index is 3.22. The molecule has 2 N–H and O–H groups in total. The molecule has 0 aliphatic carbocycles. The van der Waals surface area contributed by atoms with Crippen LogP contribution in [0.4, 0.5) is 0 Å². The molecule has 0 saturated carbocycles. The van der Waals surface area contributed by atoms with E-state index in [2.05, 4.69) is 45.1 Å². The zero-order valence-electron chi connectivity index (χ0n) is 24.0. The molecule has 0 rings (SSSR count). The summed E-state index contributed by atoms with van der Waals surface area (Å²) in [5.74, 6) is 0.873. The first kappa shape index (κ1) is 33.4. The van der Waals surface area contributed by atoms with Crippen LogP contribution in [0.1, 0.15) is 175 Å². The van der Waals surface area contributed by atoms with Crippen molar-refractivity contribution >= 4 is 0 Å². The zero-order valence-corrected chi connectivity index (χ0v) is 24.0. The normalized spacial score (nSPS) is 13.1. The molecule has 0 aromatic heterocycles. The van der Waals surface area contributed by atoms with Crippen LogP contribution in [0, 0.1) is 5.92 Å². The fraction of sp³-hybridized carbons (Fsp3) is 0.879. The van der Waals surface area contributed by atoms with Crippen LogP contribution < -0.4 is 5.73 Å². The van der Waals surface area contributed by atoms with Gasteiger partial charge in [0.05, 0.1) is 0 Å². The Kier molecular flexibility index (Phi) is 28.2. The summed E-state index contributed by atoms with van der Waals surface area (Å²) in [6.07, 6.45) is 42.1. The smallest absolute Gasteiger partial charge is 0.00388 e. The molecule has 0 radical (unpaired) electrons. The Hall–Kier alpha value is -0.560. The SMILES string of the molecule is CCCCC/C=C/C/C=C/CCCCCCCCCCCC(N)CCCCCCCCC(C)C. The molecule has 1 heteroatoms. The maximum atomic E-state index is 6.34. The molecule has 1 nitrogen and oxygen atoms in total. The van der Waals surface area contributed by atoms with Gasteiger partial charge in [0.1, 0.15) is 0 Å². The van der Waals surface area contributed by atoms with E-state index in [1.54, 1.807) is 0 Å². The number of rotatable bonds is 27. The van der Waals surface area contributed by atoms with Crippen LogP contribution in [0.2, 0.25) is 0 Å². The number of allylic oxidation sites excluding steroid dienone is 4. The van der Waals surface area contributed by atoms with E-state index >= 15 is 0 Å². The molecule has 0 bridgehead atoms. The van der Waals surface area contributed by atoms with Crippen LogP contribution >= 0.6 is 0 Å². The molecular formula is C33H65N. The standard InChI is InChI=1S/C33H65N/c1-4-5-6-7-8-9-10-11-12-13-14-15-16-17-18-19-20-24-27-30-33(34)31-28-25-22-21-23-26-29-32(2)3/h8-9,11-12,32-33H,4-7,10,13-31,34H2,1-3H3/b9-8+,12-11+. The third-order valence-electron chi connectivity index (χ3n) is 7.13. The summed E-state index contributed by atoms with van der Waals surface area (Å²) in [6.45, 7) is 6.93. The summed E-state index contributed by atoms with van der Waals surface area (Å²) in [5.41, 5.74) is 6.34. The van der Waals surface area contributed by atoms with Crippen molar-refractivity contribution in [1.82, 2.24) is 0 Å². The van der Waals surface area contributed by atoms with E-state index in [1.165, 1.54) is 148 Å². The molecule has 0 aromatic rings. The molecule has 0 spiro atoms. The molecule has 0 saturated heterocycles. The minimum absolute atomic E-state index is 0.455. The van der Waals surface area contributed by atoms with Crippen molar-refractivity contribution in [3.63, 3.8) is 0 Å². The Morgan fingerprint density at radius 1 is 0.471 bits per heavy atom. The predicted octanol–water partition coefficient (Wildman–Crippen LogP) is 11.5. The summed E-state index contributed by atoms with van der Waals surface area (Å²) in [7, 11) is 0. The van der Waals surface area contributed by atoms with Crippen molar-refractivity contribution in [3.8, 4) is 0 Å². The lowest BCUT2D eigenvalue weighted by Crippen LogP contribution is -2.19. The van der Waals surface area contributed by atoms with E-state index in [1.807, 2.05) is 0 Å². The third kappa shape index (κ3) is 29.5. The molecule has 0 aromatic carbocycles. The highest BCUT2D eigenvalue weighted by atomic mass is 14.6. The molecule has 0 heterocycles. The second-order valence-corrected chi connectivity index (χ2v) is 11.3. The van der Waals surface area contributed by atoms with Gasteiger partial charge >= 0.3 is 0 Å². The van der Waals surface area contributed by atoms with E-state index in [9.17, 15) is 0 Å². The van der Waals surface area contributed by atoms with Crippen LogP contribution in [0.25, 0.3) is 0 Å². The fourth-order valence-corrected chi connectivity index (χ4v) is 4.74. The highest BCUT2D eigenvalue weighted by Crippen LogP contribution is 2.15. The first-order valence-electron chi connectivity index (χ1n) is 15.7. The molecular weight excluding hydrogens is 410 g/mol. The average Bonchev–Trinajstić information content (AvgIpc) is 2.82. The van der Waals surface area contributed by atoms with Crippen molar-refractivity contribution < 1.29 is 0 Å². The highest BCUT2D eigenvalue weighted by molar-refractivity contribution is 4.92. The topological polar surface area (TPSA) is 26.0 Å². The van der Waals surface area contributed by atoms with Gasteiger partial charge in [-0.25, -0.2) is 0 Å². The van der Waals surface area contributed by atoms with Gasteiger partial charge in [-0.2, -0.15) is 0 Å². The lowest BCUT2D eigenvalue weighted by atomic mass is 10.00. The van der Waals surface area contributed by atoms with Crippen molar-refractivity contribution in [2.24, 2.45) is 11.7 Å². The Morgan fingerprint density at radius 3 is 1.29 bits per heavy atom. The van der Waals surface area contributed by atoms with Gasteiger partial charge in [-0.05, 0) is 50.9 Å². The zero-order chi connectivity index (χ0) is 25.0. The van der Waals surface area contributed by atoms with Gasteiger partial charge in [-0.15, -0.1) is 0 Å². The number of unbranched alkanes of at least 4 members (excludes halogenated alkanes) is 17. The third-order valence-corrected chi connectivity index (χ3v) is 7.13. The van der Waals surface area contributed by atoms with E-state index in [0.717, 1.165) is 12.3 Å². The van der Waals surface area contributed by atoms with Crippen LogP contribution in [0.5, 0.6) is 0 Å². The number of hydrogen-bond donors (Lipinski definition) is 1. The number of hydrogen-bond acceptors (Lipinski definition) is 1. The predicted molar refractivity (Wildman–Crippen MR) is 158 cm³/mol. The first-order valence-corrected chi connectivity index (χ1v) is 15.7. The van der Waals surface area contributed by atoms with Crippen LogP contribution in [-0.4, -0.2) is 6.04 Å². The summed E-state index contributed by atoms with van der Waals surface area (Å²) < 4.78 is 0. The monoisotopic (exact) mass is 476 g/mol. The Bertz CT molecular complexity index is 422.